The maximum atomic E-state index is 12.3. The third kappa shape index (κ3) is 3.65. The van der Waals surface area contributed by atoms with Gasteiger partial charge < -0.3 is 9.47 Å². The molecule has 11 heteroatoms. The molecule has 0 amide bonds. The molecular formula is C18H14N2O9. The molecule has 0 N–H and O–H groups in total. The molecule has 0 radical (unpaired) electrons. The molecule has 29 heavy (non-hydrogen) atoms. The van der Waals surface area contributed by atoms with E-state index in [-0.39, 0.29) is 34.1 Å². The summed E-state index contributed by atoms with van der Waals surface area (Å²) in [6.07, 6.45) is 0.138. The van der Waals surface area contributed by atoms with Crippen LogP contribution in [0.2, 0.25) is 0 Å². The Labute approximate surface area is 163 Å². The molecule has 0 fully saturated rings. The van der Waals surface area contributed by atoms with Crippen molar-refractivity contribution in [1.82, 2.24) is 0 Å². The van der Waals surface area contributed by atoms with Crippen LogP contribution in [-0.2, 0) is 9.47 Å². The van der Waals surface area contributed by atoms with Crippen LogP contribution in [0.5, 0.6) is 0 Å². The van der Waals surface area contributed by atoms with Crippen molar-refractivity contribution in [3.05, 3.63) is 66.7 Å². The predicted molar refractivity (Wildman–Crippen MR) is 98.0 cm³/mol. The maximum absolute atomic E-state index is 12.3. The van der Waals surface area contributed by atoms with Crippen molar-refractivity contribution in [3.8, 4) is 11.1 Å². The van der Waals surface area contributed by atoms with Gasteiger partial charge >= 0.3 is 11.9 Å². The summed E-state index contributed by atoms with van der Waals surface area (Å²) in [6, 6.07) is 4.12. The Hall–Kier alpha value is -4.15. The lowest BCUT2D eigenvalue weighted by Gasteiger charge is -2.16. The van der Waals surface area contributed by atoms with Crippen LogP contribution in [0.1, 0.15) is 36.6 Å². The van der Waals surface area contributed by atoms with Crippen LogP contribution in [0.15, 0.2) is 24.3 Å². The van der Waals surface area contributed by atoms with Crippen molar-refractivity contribution in [2.75, 3.05) is 14.2 Å². The summed E-state index contributed by atoms with van der Waals surface area (Å²) >= 11 is 0. The average Bonchev–Trinajstić information content (AvgIpc) is 2.70. The van der Waals surface area contributed by atoms with Crippen molar-refractivity contribution in [3.63, 3.8) is 0 Å². The second kappa shape index (κ2) is 8.25. The van der Waals surface area contributed by atoms with Gasteiger partial charge in [-0.15, -0.1) is 0 Å². The Morgan fingerprint density at radius 3 is 1.72 bits per heavy atom. The smallest absolute Gasteiger partial charge is 0.338 e. The molecule has 0 saturated heterocycles. The van der Waals surface area contributed by atoms with Crippen molar-refractivity contribution < 1.29 is 33.7 Å². The number of carbonyl (C=O) groups excluding carboxylic acids is 3. The minimum absolute atomic E-state index is 0.0911. The second-order valence-electron chi connectivity index (χ2n) is 5.67. The van der Waals surface area contributed by atoms with Crippen LogP contribution >= 0.6 is 0 Å². The molecule has 0 atom stereocenters. The molecule has 0 saturated carbocycles. The van der Waals surface area contributed by atoms with Crippen LogP contribution in [0.25, 0.3) is 11.1 Å². The van der Waals surface area contributed by atoms with E-state index in [0.29, 0.717) is 0 Å². The summed E-state index contributed by atoms with van der Waals surface area (Å²) < 4.78 is 9.35. The fourth-order valence-corrected chi connectivity index (χ4v) is 2.94. The quantitative estimate of drug-likeness (QED) is 0.307. The summed E-state index contributed by atoms with van der Waals surface area (Å²) in [5.41, 5.74) is -2.74. The van der Waals surface area contributed by atoms with Gasteiger partial charge in [0, 0.05) is 28.8 Å². The first-order chi connectivity index (χ1) is 13.7. The van der Waals surface area contributed by atoms with E-state index in [4.69, 9.17) is 0 Å². The highest BCUT2D eigenvalue weighted by Gasteiger charge is 2.31. The lowest BCUT2D eigenvalue weighted by Crippen LogP contribution is -2.12. The van der Waals surface area contributed by atoms with Crippen LogP contribution in [0, 0.1) is 27.2 Å². The second-order valence-corrected chi connectivity index (χ2v) is 5.67. The van der Waals surface area contributed by atoms with Crippen molar-refractivity contribution in [1.29, 1.82) is 0 Å². The minimum Gasteiger partial charge on any atom is -0.465 e. The largest absolute Gasteiger partial charge is 0.465 e. The van der Waals surface area contributed by atoms with E-state index in [9.17, 15) is 34.6 Å². The third-order valence-electron chi connectivity index (χ3n) is 4.23. The van der Waals surface area contributed by atoms with E-state index in [2.05, 4.69) is 9.47 Å². The van der Waals surface area contributed by atoms with Gasteiger partial charge in [-0.3, -0.25) is 25.0 Å². The number of nitro groups is 2. The van der Waals surface area contributed by atoms with Gasteiger partial charge in [0.1, 0.15) is 5.56 Å². The van der Waals surface area contributed by atoms with Gasteiger partial charge in [0.25, 0.3) is 11.4 Å². The van der Waals surface area contributed by atoms with Gasteiger partial charge in [0.05, 0.1) is 35.2 Å². The van der Waals surface area contributed by atoms with Crippen LogP contribution in [0.4, 0.5) is 11.4 Å². The van der Waals surface area contributed by atoms with Crippen LogP contribution in [0.3, 0.4) is 0 Å². The summed E-state index contributed by atoms with van der Waals surface area (Å²) in [5, 5.41) is 22.8. The van der Waals surface area contributed by atoms with E-state index < -0.39 is 38.7 Å². The van der Waals surface area contributed by atoms with E-state index in [1.807, 2.05) is 0 Å². The summed E-state index contributed by atoms with van der Waals surface area (Å²) in [7, 11) is 2.12. The molecule has 2 aromatic carbocycles. The highest BCUT2D eigenvalue weighted by molar-refractivity contribution is 6.09. The Bertz CT molecular complexity index is 1060. The SMILES string of the molecule is COC(=O)c1ccc([N+](=O)[O-])c(C)c1-c1c(C(=O)OC)ccc([N+](=O)[O-])c1C=O. The number of aldehydes is 1. The zero-order chi connectivity index (χ0) is 21.9. The van der Waals surface area contributed by atoms with E-state index in [1.165, 1.54) is 6.92 Å². The fraction of sp³-hybridized carbons (Fsp3) is 0.167. The molecule has 2 aromatic rings. The van der Waals surface area contributed by atoms with Crippen molar-refractivity contribution in [2.24, 2.45) is 0 Å². The van der Waals surface area contributed by atoms with Gasteiger partial charge in [-0.25, -0.2) is 9.59 Å². The normalized spacial score (nSPS) is 10.2. The van der Waals surface area contributed by atoms with E-state index in [1.54, 1.807) is 0 Å². The first-order valence-electron chi connectivity index (χ1n) is 7.91. The Morgan fingerprint density at radius 2 is 1.31 bits per heavy atom. The standard InChI is InChI=1S/C18H14N2O9/c1-9-13(19(24)25)6-4-10(17(22)28-2)15(9)16-11(18(23)29-3)5-7-14(20(26)27)12(16)8-21/h4-8H,1-3H3. The van der Waals surface area contributed by atoms with Gasteiger partial charge in [-0.1, -0.05) is 0 Å². The molecule has 0 bridgehead atoms. The first-order valence-corrected chi connectivity index (χ1v) is 7.91. The summed E-state index contributed by atoms with van der Waals surface area (Å²) in [5.74, 6) is -1.88. The van der Waals surface area contributed by atoms with Gasteiger partial charge in [0.2, 0.25) is 0 Å². The first kappa shape index (κ1) is 21.2. The lowest BCUT2D eigenvalue weighted by molar-refractivity contribution is -0.385. The Balaban J connectivity index is 3.15. The van der Waals surface area contributed by atoms with E-state index in [0.717, 1.165) is 38.5 Å². The number of rotatable bonds is 6. The maximum Gasteiger partial charge on any atom is 0.338 e. The average molecular weight is 402 g/mol. The number of esters is 2. The zero-order valence-corrected chi connectivity index (χ0v) is 15.5. The number of methoxy groups -OCH3 is 2. The molecule has 0 aliphatic heterocycles. The topological polar surface area (TPSA) is 156 Å². The third-order valence-corrected chi connectivity index (χ3v) is 4.23. The minimum atomic E-state index is -0.959. The molecule has 0 aromatic heterocycles. The van der Waals surface area contributed by atoms with E-state index >= 15 is 0 Å². The molecule has 0 aliphatic rings. The molecule has 2 rings (SSSR count). The highest BCUT2D eigenvalue weighted by atomic mass is 16.6. The fourth-order valence-electron chi connectivity index (χ4n) is 2.94. The summed E-state index contributed by atoms with van der Waals surface area (Å²) in [6.45, 7) is 1.29. The Kier molecular flexibility index (Phi) is 6.02. The molecular weight excluding hydrogens is 388 g/mol. The van der Waals surface area contributed by atoms with Crippen molar-refractivity contribution in [2.45, 2.75) is 6.92 Å². The van der Waals surface area contributed by atoms with Gasteiger partial charge in [-0.05, 0) is 19.1 Å². The monoisotopic (exact) mass is 402 g/mol. The summed E-state index contributed by atoms with van der Waals surface area (Å²) in [4.78, 5) is 57.5. The number of nitrogens with zero attached hydrogens (tertiary/aromatic N) is 2. The number of carbonyl (C=O) groups is 3. The molecule has 0 aliphatic carbocycles. The molecule has 150 valence electrons. The van der Waals surface area contributed by atoms with Gasteiger partial charge in [-0.2, -0.15) is 0 Å². The number of nitro benzene ring substituents is 2. The lowest BCUT2D eigenvalue weighted by atomic mass is 9.87. The highest BCUT2D eigenvalue weighted by Crippen LogP contribution is 2.40. The number of benzene rings is 2. The number of ether oxygens (including phenoxy) is 2. The van der Waals surface area contributed by atoms with Crippen LogP contribution < -0.4 is 0 Å². The van der Waals surface area contributed by atoms with Crippen molar-refractivity contribution >= 4 is 29.6 Å². The van der Waals surface area contributed by atoms with Crippen LogP contribution in [-0.4, -0.2) is 42.3 Å². The molecule has 11 nitrogen and oxygen atoms in total. The molecule has 0 unspecified atom stereocenters. The zero-order valence-electron chi connectivity index (χ0n) is 15.5. The number of hydrogen-bond donors (Lipinski definition) is 0. The van der Waals surface area contributed by atoms with Gasteiger partial charge in [0.15, 0.2) is 6.29 Å². The molecule has 0 heterocycles. The number of hydrogen-bond acceptors (Lipinski definition) is 9. The molecule has 0 spiro atoms. The Morgan fingerprint density at radius 1 is 0.862 bits per heavy atom. The predicted octanol–water partition coefficient (Wildman–Crippen LogP) is 2.86.